The third kappa shape index (κ3) is 5.01. The first-order chi connectivity index (χ1) is 10.7. The lowest BCUT2D eigenvalue weighted by atomic mass is 9.99. The van der Waals surface area contributed by atoms with Gasteiger partial charge in [-0.15, -0.1) is 0 Å². The van der Waals surface area contributed by atoms with Gasteiger partial charge in [-0.2, -0.15) is 0 Å². The maximum Gasteiger partial charge on any atom is 0.186 e. The summed E-state index contributed by atoms with van der Waals surface area (Å²) in [6.07, 6.45) is -14.7. The van der Waals surface area contributed by atoms with E-state index in [9.17, 15) is 35.7 Å². The van der Waals surface area contributed by atoms with Gasteiger partial charge in [0.1, 0.15) is 48.8 Å². The van der Waals surface area contributed by atoms with Gasteiger partial charge in [0.15, 0.2) is 6.29 Å². The number of hydrogen-bond donors (Lipinski definition) is 9. The molecular weight excluding hydrogens is 320 g/mol. The monoisotopic (exact) mass is 344 g/mol. The van der Waals surface area contributed by atoms with E-state index in [1.807, 2.05) is 0 Å². The van der Waals surface area contributed by atoms with Crippen molar-refractivity contribution < 1.29 is 55.4 Å². The fourth-order valence-electron chi connectivity index (χ4n) is 2.06. The van der Waals surface area contributed by atoms with E-state index in [0.717, 1.165) is 0 Å². The Morgan fingerprint density at radius 3 is 1.91 bits per heavy atom. The molecule has 23 heavy (non-hydrogen) atoms. The minimum absolute atomic E-state index is 0.655. The van der Waals surface area contributed by atoms with Crippen LogP contribution in [0.15, 0.2) is 0 Å². The molecule has 1 aliphatic heterocycles. The van der Waals surface area contributed by atoms with Gasteiger partial charge >= 0.3 is 0 Å². The molecule has 0 aliphatic carbocycles. The molecule has 9 atom stereocenters. The van der Waals surface area contributed by atoms with Gasteiger partial charge in [-0.05, 0) is 0 Å². The van der Waals surface area contributed by atoms with Crippen LogP contribution >= 0.6 is 0 Å². The second-order valence-electron chi connectivity index (χ2n) is 5.33. The fourth-order valence-corrected chi connectivity index (χ4v) is 2.06. The molecule has 0 radical (unpaired) electrons. The molecule has 1 aliphatic rings. The van der Waals surface area contributed by atoms with Crippen molar-refractivity contribution in [2.75, 3.05) is 19.8 Å². The smallest absolute Gasteiger partial charge is 0.186 e. The molecule has 1 saturated heterocycles. The number of hydrogen-bond acceptors (Lipinski definition) is 11. The van der Waals surface area contributed by atoms with Crippen LogP contribution in [0.5, 0.6) is 0 Å². The number of ether oxygens (including phenoxy) is 2. The molecule has 11 nitrogen and oxygen atoms in total. The van der Waals surface area contributed by atoms with Gasteiger partial charge in [0.25, 0.3) is 0 Å². The van der Waals surface area contributed by atoms with E-state index in [1.165, 1.54) is 0 Å². The standard InChI is InChI=1S/C12H24O11/c13-1-4(15)7(17)8(18)5(16)3-22-12-11(21)10(20)9(19)6(2-14)23-12/h4-21H,1-3H2/t4-,5+,6?,7+,8+,9+,10+,11?,12-/m0/s1. The second kappa shape index (κ2) is 9.15. The van der Waals surface area contributed by atoms with Crippen LogP contribution in [0.3, 0.4) is 0 Å². The van der Waals surface area contributed by atoms with E-state index in [-0.39, 0.29) is 0 Å². The predicted molar refractivity (Wildman–Crippen MR) is 70.8 cm³/mol. The highest BCUT2D eigenvalue weighted by Gasteiger charge is 2.44. The SMILES string of the molecule is OCC1O[C@H](OC[C@@H](O)[C@@H](O)[C@H](O)[C@@H](O)CO)C(O)[C@H](O)[C@@H]1O. The van der Waals surface area contributed by atoms with Gasteiger partial charge in [0.05, 0.1) is 19.8 Å². The first kappa shape index (κ1) is 20.6. The molecule has 1 fully saturated rings. The number of aliphatic hydroxyl groups excluding tert-OH is 9. The maximum absolute atomic E-state index is 9.70. The minimum atomic E-state index is -1.86. The van der Waals surface area contributed by atoms with Gasteiger partial charge in [-0.1, -0.05) is 0 Å². The minimum Gasteiger partial charge on any atom is -0.394 e. The van der Waals surface area contributed by atoms with Crippen molar-refractivity contribution in [2.45, 2.75) is 55.1 Å². The zero-order chi connectivity index (χ0) is 17.7. The Balaban J connectivity index is 2.55. The zero-order valence-corrected chi connectivity index (χ0v) is 12.2. The molecule has 0 aromatic carbocycles. The highest BCUT2D eigenvalue weighted by molar-refractivity contribution is 4.89. The van der Waals surface area contributed by atoms with E-state index in [2.05, 4.69) is 0 Å². The molecule has 1 rings (SSSR count). The molecular formula is C12H24O11. The second-order valence-corrected chi connectivity index (χ2v) is 5.33. The van der Waals surface area contributed by atoms with Crippen LogP contribution in [-0.4, -0.2) is 121 Å². The quantitative estimate of drug-likeness (QED) is 0.203. The molecule has 0 spiro atoms. The lowest BCUT2D eigenvalue weighted by Crippen LogP contribution is -2.59. The number of rotatable bonds is 8. The van der Waals surface area contributed by atoms with Crippen LogP contribution in [-0.2, 0) is 9.47 Å². The first-order valence-electron chi connectivity index (χ1n) is 6.99. The summed E-state index contributed by atoms with van der Waals surface area (Å²) < 4.78 is 9.99. The average Bonchev–Trinajstić information content (AvgIpc) is 2.56. The molecule has 0 saturated carbocycles. The predicted octanol–water partition coefficient (Wildman–Crippen LogP) is -5.76. The van der Waals surface area contributed by atoms with Crippen LogP contribution in [0.25, 0.3) is 0 Å². The zero-order valence-electron chi connectivity index (χ0n) is 12.2. The molecule has 0 aromatic rings. The van der Waals surface area contributed by atoms with Crippen molar-refractivity contribution in [3.63, 3.8) is 0 Å². The topological polar surface area (TPSA) is 201 Å². The molecule has 0 bridgehead atoms. The molecule has 9 N–H and O–H groups in total. The van der Waals surface area contributed by atoms with Crippen LogP contribution in [0, 0.1) is 0 Å². The summed E-state index contributed by atoms with van der Waals surface area (Å²) in [5.41, 5.74) is 0. The lowest BCUT2D eigenvalue weighted by molar-refractivity contribution is -0.306. The van der Waals surface area contributed by atoms with E-state index < -0.39 is 74.9 Å². The summed E-state index contributed by atoms with van der Waals surface area (Å²) in [5, 5.41) is 84.4. The van der Waals surface area contributed by atoms with Crippen molar-refractivity contribution in [3.05, 3.63) is 0 Å². The molecule has 2 unspecified atom stereocenters. The van der Waals surface area contributed by atoms with Crippen molar-refractivity contribution in [1.29, 1.82) is 0 Å². The van der Waals surface area contributed by atoms with E-state index >= 15 is 0 Å². The van der Waals surface area contributed by atoms with Gasteiger partial charge in [-0.25, -0.2) is 0 Å². The maximum atomic E-state index is 9.70. The Morgan fingerprint density at radius 1 is 0.826 bits per heavy atom. The van der Waals surface area contributed by atoms with Crippen LogP contribution in [0.4, 0.5) is 0 Å². The lowest BCUT2D eigenvalue weighted by Gasteiger charge is -2.40. The Morgan fingerprint density at radius 2 is 1.39 bits per heavy atom. The largest absolute Gasteiger partial charge is 0.394 e. The van der Waals surface area contributed by atoms with Crippen LogP contribution in [0.1, 0.15) is 0 Å². The third-order valence-electron chi connectivity index (χ3n) is 3.61. The van der Waals surface area contributed by atoms with Crippen LogP contribution in [0.2, 0.25) is 0 Å². The van der Waals surface area contributed by atoms with Crippen molar-refractivity contribution in [2.24, 2.45) is 0 Å². The molecule has 138 valence electrons. The molecule has 1 heterocycles. The Hall–Kier alpha value is -0.440. The van der Waals surface area contributed by atoms with Gasteiger partial charge in [0.2, 0.25) is 0 Å². The molecule has 0 aromatic heterocycles. The first-order valence-corrected chi connectivity index (χ1v) is 6.99. The van der Waals surface area contributed by atoms with E-state index in [1.54, 1.807) is 0 Å². The summed E-state index contributed by atoms with van der Waals surface area (Å²) in [4.78, 5) is 0. The summed E-state index contributed by atoms with van der Waals surface area (Å²) in [6, 6.07) is 0. The molecule has 0 amide bonds. The van der Waals surface area contributed by atoms with Gasteiger partial charge in [0, 0.05) is 0 Å². The highest BCUT2D eigenvalue weighted by Crippen LogP contribution is 2.22. The summed E-state index contributed by atoms with van der Waals surface area (Å²) in [5.74, 6) is 0. The average molecular weight is 344 g/mol. The summed E-state index contributed by atoms with van der Waals surface area (Å²) in [6.45, 7) is -2.16. The summed E-state index contributed by atoms with van der Waals surface area (Å²) in [7, 11) is 0. The Bertz CT molecular complexity index is 341. The van der Waals surface area contributed by atoms with E-state index in [0.29, 0.717) is 0 Å². The van der Waals surface area contributed by atoms with Gasteiger partial charge in [-0.3, -0.25) is 0 Å². The van der Waals surface area contributed by atoms with Crippen molar-refractivity contribution >= 4 is 0 Å². The van der Waals surface area contributed by atoms with Crippen LogP contribution < -0.4 is 0 Å². The Kier molecular flexibility index (Phi) is 8.20. The highest BCUT2D eigenvalue weighted by atomic mass is 16.7. The summed E-state index contributed by atoms with van der Waals surface area (Å²) >= 11 is 0. The van der Waals surface area contributed by atoms with E-state index in [4.69, 9.17) is 19.7 Å². The van der Waals surface area contributed by atoms with Gasteiger partial charge < -0.3 is 55.4 Å². The fraction of sp³-hybridized carbons (Fsp3) is 1.00. The molecule has 11 heteroatoms. The number of aliphatic hydroxyl groups is 9. The third-order valence-corrected chi connectivity index (χ3v) is 3.61. The normalized spacial score (nSPS) is 37.2. The Labute approximate surface area is 131 Å². The van der Waals surface area contributed by atoms with Crippen molar-refractivity contribution in [1.82, 2.24) is 0 Å². The van der Waals surface area contributed by atoms with Crippen molar-refractivity contribution in [3.8, 4) is 0 Å².